The number of rotatable bonds is 5. The van der Waals surface area contributed by atoms with E-state index < -0.39 is 10.0 Å². The molecule has 0 aliphatic carbocycles. The van der Waals surface area contributed by atoms with Crippen LogP contribution >= 0.6 is 0 Å². The van der Waals surface area contributed by atoms with Crippen molar-refractivity contribution >= 4 is 10.0 Å². The zero-order chi connectivity index (χ0) is 13.7. The highest BCUT2D eigenvalue weighted by atomic mass is 32.2. The van der Waals surface area contributed by atoms with Crippen LogP contribution in [0.5, 0.6) is 0 Å². The van der Waals surface area contributed by atoms with E-state index in [1.807, 2.05) is 0 Å². The second kappa shape index (κ2) is 7.02. The summed E-state index contributed by atoms with van der Waals surface area (Å²) in [5.74, 6) is 0.167. The average molecular weight is 290 g/mol. The predicted octanol–water partition coefficient (Wildman–Crippen LogP) is 0.913. The van der Waals surface area contributed by atoms with Crippen LogP contribution in [0.4, 0.5) is 0 Å². The molecular formula is C13H26N2O3S. The van der Waals surface area contributed by atoms with Gasteiger partial charge >= 0.3 is 0 Å². The molecule has 0 N–H and O–H groups in total. The van der Waals surface area contributed by atoms with E-state index in [9.17, 15) is 8.42 Å². The Morgan fingerprint density at radius 1 is 1.16 bits per heavy atom. The van der Waals surface area contributed by atoms with Crippen molar-refractivity contribution in [1.82, 2.24) is 9.21 Å². The van der Waals surface area contributed by atoms with Gasteiger partial charge in [-0.15, -0.1) is 0 Å². The second-order valence-corrected chi connectivity index (χ2v) is 7.52. The van der Waals surface area contributed by atoms with E-state index in [4.69, 9.17) is 4.74 Å². The molecule has 0 radical (unpaired) electrons. The summed E-state index contributed by atoms with van der Waals surface area (Å²) >= 11 is 0. The van der Waals surface area contributed by atoms with Gasteiger partial charge in [0.25, 0.3) is 0 Å². The summed E-state index contributed by atoms with van der Waals surface area (Å²) in [4.78, 5) is 2.34. The maximum Gasteiger partial charge on any atom is 0.216 e. The number of sulfonamides is 1. The van der Waals surface area contributed by atoms with Gasteiger partial charge in [0.2, 0.25) is 10.0 Å². The molecule has 19 heavy (non-hydrogen) atoms. The van der Waals surface area contributed by atoms with Crippen molar-refractivity contribution in [2.24, 2.45) is 0 Å². The molecule has 0 saturated carbocycles. The zero-order valence-electron chi connectivity index (χ0n) is 11.9. The molecule has 0 bridgehead atoms. The van der Waals surface area contributed by atoms with E-state index in [0.29, 0.717) is 19.7 Å². The molecule has 2 aliphatic rings. The fourth-order valence-corrected chi connectivity index (χ4v) is 4.49. The molecular weight excluding hydrogens is 264 g/mol. The van der Waals surface area contributed by atoms with Crippen molar-refractivity contribution in [3.63, 3.8) is 0 Å². The topological polar surface area (TPSA) is 49.9 Å². The number of hydrogen-bond acceptors (Lipinski definition) is 4. The van der Waals surface area contributed by atoms with Crippen molar-refractivity contribution in [3.05, 3.63) is 0 Å². The molecule has 5 nitrogen and oxygen atoms in total. The molecule has 0 aromatic rings. The fraction of sp³-hybridized carbons (Fsp3) is 1.00. The van der Waals surface area contributed by atoms with Gasteiger partial charge in [-0.05, 0) is 32.2 Å². The van der Waals surface area contributed by atoms with Gasteiger partial charge < -0.3 is 9.64 Å². The van der Waals surface area contributed by atoms with Crippen LogP contribution in [0.2, 0.25) is 0 Å². The molecule has 112 valence electrons. The van der Waals surface area contributed by atoms with Crippen LogP contribution in [0.3, 0.4) is 0 Å². The first-order valence-electron chi connectivity index (χ1n) is 7.43. The summed E-state index contributed by atoms with van der Waals surface area (Å²) in [5.41, 5.74) is 0. The monoisotopic (exact) mass is 290 g/mol. The lowest BCUT2D eigenvalue weighted by Crippen LogP contribution is -2.50. The second-order valence-electron chi connectivity index (χ2n) is 5.51. The number of hydrogen-bond donors (Lipinski definition) is 0. The minimum absolute atomic E-state index is 0.0904. The third-order valence-electron chi connectivity index (χ3n) is 3.93. The molecule has 1 atom stereocenters. The van der Waals surface area contributed by atoms with Crippen LogP contribution in [-0.2, 0) is 14.8 Å². The first-order valence-corrected chi connectivity index (χ1v) is 9.04. The number of nitrogens with zero attached hydrogens (tertiary/aromatic N) is 2. The first kappa shape index (κ1) is 15.2. The maximum absolute atomic E-state index is 12.3. The molecule has 0 aromatic carbocycles. The van der Waals surface area contributed by atoms with Crippen LogP contribution in [0.1, 0.15) is 32.6 Å². The van der Waals surface area contributed by atoms with E-state index in [1.165, 1.54) is 0 Å². The molecule has 2 heterocycles. The molecule has 0 spiro atoms. The van der Waals surface area contributed by atoms with Gasteiger partial charge in [0, 0.05) is 32.8 Å². The highest BCUT2D eigenvalue weighted by Gasteiger charge is 2.30. The van der Waals surface area contributed by atoms with Crippen molar-refractivity contribution in [2.45, 2.75) is 38.7 Å². The molecule has 6 heteroatoms. The molecule has 0 aromatic heterocycles. The number of piperazine rings is 1. The Morgan fingerprint density at radius 2 is 1.89 bits per heavy atom. The molecule has 2 saturated heterocycles. The van der Waals surface area contributed by atoms with Crippen molar-refractivity contribution in [1.29, 1.82) is 0 Å². The Hall–Kier alpha value is -0.170. The quantitative estimate of drug-likeness (QED) is 0.755. The summed E-state index contributed by atoms with van der Waals surface area (Å²) in [5, 5.41) is 0. The Bertz CT molecular complexity index is 358. The minimum atomic E-state index is -3.14. The lowest BCUT2D eigenvalue weighted by molar-refractivity contribution is 0.0296. The summed E-state index contributed by atoms with van der Waals surface area (Å²) in [6.45, 7) is 6.93. The van der Waals surface area contributed by atoms with Crippen LogP contribution in [0, 0.1) is 0 Å². The van der Waals surface area contributed by atoms with Gasteiger partial charge in [-0.2, -0.15) is 4.31 Å². The Labute approximate surface area is 117 Å². The van der Waals surface area contributed by atoms with Gasteiger partial charge in [-0.25, -0.2) is 8.42 Å². The third kappa shape index (κ3) is 4.41. The Kier molecular flexibility index (Phi) is 5.62. The van der Waals surface area contributed by atoms with Gasteiger partial charge in [-0.3, -0.25) is 0 Å². The summed E-state index contributed by atoms with van der Waals surface area (Å²) in [6.07, 6.45) is 4.07. The molecule has 2 rings (SSSR count). The third-order valence-corrected chi connectivity index (χ3v) is 5.88. The SMILES string of the molecule is CCCN1CCN(S(=O)(=O)C[C@H]2CCCCO2)CC1. The largest absolute Gasteiger partial charge is 0.377 e. The van der Waals surface area contributed by atoms with E-state index in [1.54, 1.807) is 4.31 Å². The first-order chi connectivity index (χ1) is 9.12. The Balaban J connectivity index is 1.83. The standard InChI is InChI=1S/C13H26N2O3S/c1-2-6-14-7-9-15(10-8-14)19(16,17)12-13-5-3-4-11-18-13/h13H,2-12H2,1H3/t13-/m1/s1. The maximum atomic E-state index is 12.3. The van der Waals surface area contributed by atoms with E-state index in [0.717, 1.165) is 45.3 Å². The lowest BCUT2D eigenvalue weighted by atomic mass is 10.1. The van der Waals surface area contributed by atoms with Crippen molar-refractivity contribution in [2.75, 3.05) is 45.1 Å². The van der Waals surface area contributed by atoms with Gasteiger partial charge in [0.1, 0.15) is 0 Å². The molecule has 2 fully saturated rings. The highest BCUT2D eigenvalue weighted by molar-refractivity contribution is 7.89. The summed E-state index contributed by atoms with van der Waals surface area (Å²) in [7, 11) is -3.14. The predicted molar refractivity (Wildman–Crippen MR) is 75.7 cm³/mol. The number of ether oxygens (including phenoxy) is 1. The van der Waals surface area contributed by atoms with Crippen LogP contribution < -0.4 is 0 Å². The highest BCUT2D eigenvalue weighted by Crippen LogP contribution is 2.17. The van der Waals surface area contributed by atoms with Crippen LogP contribution in [-0.4, -0.2) is 68.8 Å². The summed E-state index contributed by atoms with van der Waals surface area (Å²) in [6, 6.07) is 0. The Morgan fingerprint density at radius 3 is 2.47 bits per heavy atom. The molecule has 0 unspecified atom stereocenters. The van der Waals surface area contributed by atoms with Crippen molar-refractivity contribution in [3.8, 4) is 0 Å². The average Bonchev–Trinajstić information content (AvgIpc) is 2.40. The zero-order valence-corrected chi connectivity index (χ0v) is 12.7. The lowest BCUT2D eigenvalue weighted by Gasteiger charge is -2.34. The fourth-order valence-electron chi connectivity index (χ4n) is 2.83. The molecule has 2 aliphatic heterocycles. The van der Waals surface area contributed by atoms with E-state index in [-0.39, 0.29) is 11.9 Å². The summed E-state index contributed by atoms with van der Waals surface area (Å²) < 4.78 is 31.9. The van der Waals surface area contributed by atoms with Gasteiger partial charge in [0.15, 0.2) is 0 Å². The van der Waals surface area contributed by atoms with Gasteiger partial charge in [-0.1, -0.05) is 6.92 Å². The van der Waals surface area contributed by atoms with Crippen LogP contribution in [0.15, 0.2) is 0 Å². The van der Waals surface area contributed by atoms with E-state index in [2.05, 4.69) is 11.8 Å². The van der Waals surface area contributed by atoms with Gasteiger partial charge in [0.05, 0.1) is 11.9 Å². The normalized spacial score (nSPS) is 27.5. The van der Waals surface area contributed by atoms with E-state index >= 15 is 0 Å². The smallest absolute Gasteiger partial charge is 0.216 e. The van der Waals surface area contributed by atoms with Crippen molar-refractivity contribution < 1.29 is 13.2 Å². The molecule has 0 amide bonds. The van der Waals surface area contributed by atoms with Crippen LogP contribution in [0.25, 0.3) is 0 Å². The minimum Gasteiger partial charge on any atom is -0.377 e.